The minimum Gasteiger partial charge on any atom is -0.497 e. The first-order valence-corrected chi connectivity index (χ1v) is 11.6. The zero-order valence-electron chi connectivity index (χ0n) is 15.6. The summed E-state index contributed by atoms with van der Waals surface area (Å²) in [7, 11) is -2.21. The van der Waals surface area contributed by atoms with E-state index in [9.17, 15) is 13.2 Å². The van der Waals surface area contributed by atoms with Crippen LogP contribution in [0.1, 0.15) is 0 Å². The Morgan fingerprint density at radius 3 is 2.70 bits per heavy atom. The summed E-state index contributed by atoms with van der Waals surface area (Å²) in [5, 5.41) is 5.82. The van der Waals surface area contributed by atoms with E-state index >= 15 is 0 Å². The van der Waals surface area contributed by atoms with Crippen LogP contribution in [-0.4, -0.2) is 32.2 Å². The summed E-state index contributed by atoms with van der Waals surface area (Å²) < 4.78 is 35.7. The molecule has 0 unspecified atom stereocenters. The number of sulfone groups is 1. The first-order chi connectivity index (χ1) is 14.3. The molecule has 154 valence electrons. The second-order valence-electron chi connectivity index (χ2n) is 6.31. The monoisotopic (exact) mass is 462 g/mol. The van der Waals surface area contributed by atoms with E-state index in [4.69, 9.17) is 20.8 Å². The number of furan rings is 1. The number of ether oxygens (including phenoxy) is 1. The van der Waals surface area contributed by atoms with Crippen LogP contribution < -0.4 is 10.1 Å². The highest BCUT2D eigenvalue weighted by Gasteiger charge is 2.20. The van der Waals surface area contributed by atoms with Gasteiger partial charge in [-0.25, -0.2) is 13.4 Å². The predicted octanol–water partition coefficient (Wildman–Crippen LogP) is 4.63. The molecule has 0 bridgehead atoms. The fourth-order valence-electron chi connectivity index (χ4n) is 2.76. The maximum atomic E-state index is 12.4. The van der Waals surface area contributed by atoms with E-state index in [1.807, 2.05) is 18.2 Å². The molecule has 2 aromatic carbocycles. The number of halogens is 1. The average molecular weight is 463 g/mol. The molecule has 10 heteroatoms. The molecular weight excluding hydrogens is 448 g/mol. The highest BCUT2D eigenvalue weighted by Crippen LogP contribution is 2.32. The third kappa shape index (κ3) is 4.33. The van der Waals surface area contributed by atoms with Gasteiger partial charge in [0.2, 0.25) is 5.91 Å². The number of carbonyl (C=O) groups is 1. The highest BCUT2D eigenvalue weighted by molar-refractivity contribution is 7.92. The van der Waals surface area contributed by atoms with Crippen LogP contribution in [0.5, 0.6) is 5.75 Å². The number of methoxy groups -OCH3 is 1. The molecule has 0 atom stereocenters. The van der Waals surface area contributed by atoms with Crippen molar-refractivity contribution in [2.45, 2.75) is 4.90 Å². The molecule has 0 fully saturated rings. The minimum atomic E-state index is -3.79. The molecule has 1 amide bonds. The number of anilines is 1. The van der Waals surface area contributed by atoms with Crippen LogP contribution in [0.3, 0.4) is 0 Å². The molecule has 0 aliphatic carbocycles. The number of nitrogens with one attached hydrogen (secondary N) is 1. The SMILES string of the molecule is COc1ccc2cc(-c3csc(NC(=O)CS(=O)(=O)c4ccc(Cl)cc4)n3)oc2c1. The first kappa shape index (κ1) is 20.4. The Balaban J connectivity index is 1.48. The van der Waals surface area contributed by atoms with Gasteiger partial charge in [-0.2, -0.15) is 0 Å². The van der Waals surface area contributed by atoms with Gasteiger partial charge in [0.1, 0.15) is 22.8 Å². The van der Waals surface area contributed by atoms with Gasteiger partial charge in [-0.05, 0) is 42.5 Å². The standard InChI is InChI=1S/C20H15ClN2O5S2/c1-27-14-5-2-12-8-18(28-17(12)9-14)16-10-29-20(22-16)23-19(24)11-30(25,26)15-6-3-13(21)4-7-15/h2-10H,11H2,1H3,(H,22,23,24). The number of hydrogen-bond acceptors (Lipinski definition) is 7. The number of hydrogen-bond donors (Lipinski definition) is 1. The molecule has 2 aromatic heterocycles. The minimum absolute atomic E-state index is 0.0274. The number of aromatic nitrogens is 1. The number of benzene rings is 2. The van der Waals surface area contributed by atoms with Gasteiger partial charge in [0.05, 0.1) is 12.0 Å². The van der Waals surface area contributed by atoms with Gasteiger partial charge in [0.25, 0.3) is 0 Å². The number of thiazole rings is 1. The Labute approximate surface area is 181 Å². The van der Waals surface area contributed by atoms with Crippen LogP contribution in [0, 0.1) is 0 Å². The summed E-state index contributed by atoms with van der Waals surface area (Å²) in [4.78, 5) is 16.6. The zero-order valence-corrected chi connectivity index (χ0v) is 18.0. The molecule has 0 radical (unpaired) electrons. The average Bonchev–Trinajstić information content (AvgIpc) is 3.33. The van der Waals surface area contributed by atoms with Crippen LogP contribution >= 0.6 is 22.9 Å². The Morgan fingerprint density at radius 1 is 1.20 bits per heavy atom. The molecule has 7 nitrogen and oxygen atoms in total. The van der Waals surface area contributed by atoms with Gasteiger partial charge < -0.3 is 14.5 Å². The topological polar surface area (TPSA) is 98.5 Å². The van der Waals surface area contributed by atoms with Gasteiger partial charge in [0, 0.05) is 21.9 Å². The van der Waals surface area contributed by atoms with Gasteiger partial charge in [-0.3, -0.25) is 4.79 Å². The number of nitrogens with zero attached hydrogens (tertiary/aromatic N) is 1. The van der Waals surface area contributed by atoms with Gasteiger partial charge in [0.15, 0.2) is 20.7 Å². The first-order valence-electron chi connectivity index (χ1n) is 8.66. The van der Waals surface area contributed by atoms with E-state index in [1.54, 1.807) is 18.6 Å². The Hall–Kier alpha value is -2.88. The summed E-state index contributed by atoms with van der Waals surface area (Å²) in [5.74, 6) is -0.172. The molecule has 0 saturated carbocycles. The van der Waals surface area contributed by atoms with E-state index in [1.165, 1.54) is 35.6 Å². The lowest BCUT2D eigenvalue weighted by Gasteiger charge is -2.04. The number of amides is 1. The van der Waals surface area contributed by atoms with E-state index in [0.29, 0.717) is 27.8 Å². The van der Waals surface area contributed by atoms with Crippen molar-refractivity contribution in [1.29, 1.82) is 0 Å². The molecule has 0 spiro atoms. The number of carbonyl (C=O) groups excluding carboxylic acids is 1. The summed E-state index contributed by atoms with van der Waals surface area (Å²) in [6.45, 7) is 0. The van der Waals surface area contributed by atoms with Crippen LogP contribution in [0.25, 0.3) is 22.4 Å². The number of fused-ring (bicyclic) bond motifs is 1. The third-order valence-electron chi connectivity index (χ3n) is 4.22. The van der Waals surface area contributed by atoms with Crippen molar-refractivity contribution in [3.05, 3.63) is 58.9 Å². The van der Waals surface area contributed by atoms with Crippen molar-refractivity contribution < 1.29 is 22.4 Å². The highest BCUT2D eigenvalue weighted by atomic mass is 35.5. The lowest BCUT2D eigenvalue weighted by Crippen LogP contribution is -2.22. The molecule has 2 heterocycles. The van der Waals surface area contributed by atoms with Crippen molar-refractivity contribution in [3.8, 4) is 17.2 Å². The largest absolute Gasteiger partial charge is 0.497 e. The van der Waals surface area contributed by atoms with Crippen molar-refractivity contribution in [2.75, 3.05) is 18.2 Å². The Morgan fingerprint density at radius 2 is 1.97 bits per heavy atom. The molecule has 1 N–H and O–H groups in total. The quantitative estimate of drug-likeness (QED) is 0.448. The molecule has 30 heavy (non-hydrogen) atoms. The molecule has 0 saturated heterocycles. The summed E-state index contributed by atoms with van der Waals surface area (Å²) >= 11 is 6.95. The van der Waals surface area contributed by atoms with E-state index in [-0.39, 0.29) is 10.0 Å². The van der Waals surface area contributed by atoms with E-state index < -0.39 is 21.5 Å². The lowest BCUT2D eigenvalue weighted by molar-refractivity contribution is -0.113. The predicted molar refractivity (Wildman–Crippen MR) is 116 cm³/mol. The second-order valence-corrected chi connectivity index (χ2v) is 9.60. The summed E-state index contributed by atoms with van der Waals surface area (Å²) in [6.07, 6.45) is 0. The van der Waals surface area contributed by atoms with Crippen LogP contribution in [0.2, 0.25) is 5.02 Å². The van der Waals surface area contributed by atoms with Crippen LogP contribution in [0.15, 0.2) is 63.2 Å². The van der Waals surface area contributed by atoms with E-state index in [0.717, 1.165) is 5.39 Å². The molecular formula is C20H15ClN2O5S2. The summed E-state index contributed by atoms with van der Waals surface area (Å²) in [6, 6.07) is 13.0. The fourth-order valence-corrected chi connectivity index (χ4v) is 4.74. The Kier molecular flexibility index (Phi) is 5.50. The van der Waals surface area contributed by atoms with Crippen molar-refractivity contribution in [1.82, 2.24) is 4.98 Å². The Bertz CT molecular complexity index is 1330. The maximum absolute atomic E-state index is 12.4. The maximum Gasteiger partial charge on any atom is 0.241 e. The molecule has 0 aliphatic heterocycles. The molecule has 0 aliphatic rings. The van der Waals surface area contributed by atoms with Crippen molar-refractivity contribution >= 4 is 54.8 Å². The lowest BCUT2D eigenvalue weighted by atomic mass is 10.2. The third-order valence-corrected chi connectivity index (χ3v) is 6.87. The normalized spacial score (nSPS) is 11.5. The molecule has 4 aromatic rings. The van der Waals surface area contributed by atoms with Gasteiger partial charge in [-0.1, -0.05) is 11.6 Å². The smallest absolute Gasteiger partial charge is 0.241 e. The molecule has 4 rings (SSSR count). The second kappa shape index (κ2) is 8.10. The van der Waals surface area contributed by atoms with Gasteiger partial charge in [-0.15, -0.1) is 11.3 Å². The number of rotatable bonds is 6. The van der Waals surface area contributed by atoms with E-state index in [2.05, 4.69) is 10.3 Å². The zero-order chi connectivity index (χ0) is 21.3. The van der Waals surface area contributed by atoms with Crippen LogP contribution in [0.4, 0.5) is 5.13 Å². The fraction of sp³-hybridized carbons (Fsp3) is 0.100. The van der Waals surface area contributed by atoms with Crippen molar-refractivity contribution in [3.63, 3.8) is 0 Å². The van der Waals surface area contributed by atoms with Crippen LogP contribution in [-0.2, 0) is 14.6 Å². The van der Waals surface area contributed by atoms with Gasteiger partial charge >= 0.3 is 0 Å². The summed E-state index contributed by atoms with van der Waals surface area (Å²) in [5.41, 5.74) is 1.18. The van der Waals surface area contributed by atoms with Crippen molar-refractivity contribution in [2.24, 2.45) is 0 Å².